The first kappa shape index (κ1) is 13.2. The van der Waals surface area contributed by atoms with Crippen molar-refractivity contribution in [3.05, 3.63) is 52.0 Å². The molecular weight excluding hydrogens is 242 g/mol. The van der Waals surface area contributed by atoms with Crippen LogP contribution in [0, 0.1) is 6.92 Å². The van der Waals surface area contributed by atoms with Crippen molar-refractivity contribution >= 4 is 11.3 Å². The van der Waals surface area contributed by atoms with Gasteiger partial charge in [0.25, 0.3) is 0 Å². The molecule has 2 N–H and O–H groups in total. The Morgan fingerprint density at radius 1 is 1.44 bits per heavy atom. The van der Waals surface area contributed by atoms with Crippen LogP contribution in [-0.2, 0) is 6.54 Å². The van der Waals surface area contributed by atoms with Gasteiger partial charge in [-0.25, -0.2) is 0 Å². The Labute approximate surface area is 112 Å². The lowest BCUT2D eigenvalue weighted by molar-refractivity contribution is 0.243. The Bertz CT molecular complexity index is 482. The smallest absolute Gasteiger partial charge is 0.0489 e. The van der Waals surface area contributed by atoms with Crippen molar-refractivity contribution in [2.45, 2.75) is 19.5 Å². The topological polar surface area (TPSA) is 42.1 Å². The molecule has 0 aliphatic carbocycles. The van der Waals surface area contributed by atoms with Gasteiger partial charge in [-0.15, -0.1) is 11.3 Å². The molecule has 0 spiro atoms. The van der Waals surface area contributed by atoms with E-state index < -0.39 is 0 Å². The van der Waals surface area contributed by atoms with E-state index in [-0.39, 0.29) is 6.04 Å². The molecule has 0 aliphatic rings. The molecule has 1 unspecified atom stereocenters. The summed E-state index contributed by atoms with van der Waals surface area (Å²) in [5.41, 5.74) is 8.41. The number of aryl methyl sites for hydroxylation is 1. The summed E-state index contributed by atoms with van der Waals surface area (Å²) in [5, 5.41) is 2.11. The Morgan fingerprint density at radius 2 is 2.28 bits per heavy atom. The monoisotopic (exact) mass is 261 g/mol. The van der Waals surface area contributed by atoms with Gasteiger partial charge < -0.3 is 5.73 Å². The van der Waals surface area contributed by atoms with Gasteiger partial charge in [0, 0.05) is 36.4 Å². The molecule has 1 atom stereocenters. The molecule has 0 aliphatic heterocycles. The fourth-order valence-corrected chi connectivity index (χ4v) is 2.90. The van der Waals surface area contributed by atoms with Crippen LogP contribution in [0.3, 0.4) is 0 Å². The fraction of sp³-hybridized carbons (Fsp3) is 0.357. The van der Waals surface area contributed by atoms with E-state index in [0.29, 0.717) is 6.54 Å². The molecule has 0 saturated heterocycles. The van der Waals surface area contributed by atoms with Crippen LogP contribution in [0.1, 0.15) is 22.0 Å². The molecule has 2 aromatic rings. The van der Waals surface area contributed by atoms with Crippen molar-refractivity contribution in [1.82, 2.24) is 9.88 Å². The highest BCUT2D eigenvalue weighted by Crippen LogP contribution is 2.23. The number of aromatic nitrogens is 1. The van der Waals surface area contributed by atoms with Crippen LogP contribution >= 0.6 is 11.3 Å². The summed E-state index contributed by atoms with van der Waals surface area (Å²) in [6.45, 7) is 3.64. The largest absolute Gasteiger partial charge is 0.329 e. The molecule has 0 saturated carbocycles. The predicted octanol–water partition coefficient (Wildman–Crippen LogP) is 2.58. The number of hydrogen-bond donors (Lipinski definition) is 1. The molecule has 0 radical (unpaired) electrons. The second kappa shape index (κ2) is 6.09. The molecule has 18 heavy (non-hydrogen) atoms. The number of nitrogens with zero attached hydrogens (tertiary/aromatic N) is 2. The van der Waals surface area contributed by atoms with Crippen molar-refractivity contribution in [3.63, 3.8) is 0 Å². The lowest BCUT2D eigenvalue weighted by Crippen LogP contribution is -2.30. The van der Waals surface area contributed by atoms with Crippen LogP contribution in [0.15, 0.2) is 36.0 Å². The Morgan fingerprint density at radius 3 is 2.89 bits per heavy atom. The van der Waals surface area contributed by atoms with E-state index in [1.54, 1.807) is 11.3 Å². The highest BCUT2D eigenvalue weighted by Gasteiger charge is 2.17. The number of rotatable bonds is 5. The maximum atomic E-state index is 5.94. The summed E-state index contributed by atoms with van der Waals surface area (Å²) in [5.74, 6) is 0. The van der Waals surface area contributed by atoms with E-state index in [1.165, 1.54) is 16.0 Å². The lowest BCUT2D eigenvalue weighted by atomic mass is 10.0. The van der Waals surface area contributed by atoms with Gasteiger partial charge in [0.15, 0.2) is 0 Å². The van der Waals surface area contributed by atoms with E-state index in [1.807, 2.05) is 18.5 Å². The van der Waals surface area contributed by atoms with Crippen LogP contribution in [0.5, 0.6) is 0 Å². The van der Waals surface area contributed by atoms with Crippen LogP contribution in [-0.4, -0.2) is 23.5 Å². The molecule has 4 heteroatoms. The molecule has 2 heterocycles. The number of pyridine rings is 1. The molecule has 0 fully saturated rings. The van der Waals surface area contributed by atoms with Crippen molar-refractivity contribution in [2.75, 3.05) is 13.6 Å². The Hall–Kier alpha value is -1.23. The average Bonchev–Trinajstić information content (AvgIpc) is 2.85. The number of hydrogen-bond acceptors (Lipinski definition) is 4. The minimum atomic E-state index is 0.223. The molecule has 2 rings (SSSR count). The minimum Gasteiger partial charge on any atom is -0.329 e. The van der Waals surface area contributed by atoms with Gasteiger partial charge in [0.05, 0.1) is 0 Å². The maximum absolute atomic E-state index is 5.94. The van der Waals surface area contributed by atoms with Crippen molar-refractivity contribution < 1.29 is 0 Å². The SMILES string of the molecule is Cc1ccncc1C(CN)N(C)Cc1cccs1. The first-order chi connectivity index (χ1) is 8.72. The number of thiophene rings is 1. The predicted molar refractivity (Wildman–Crippen MR) is 76.6 cm³/mol. The Kier molecular flexibility index (Phi) is 4.47. The van der Waals surface area contributed by atoms with E-state index in [9.17, 15) is 0 Å². The van der Waals surface area contributed by atoms with Crippen molar-refractivity contribution in [1.29, 1.82) is 0 Å². The van der Waals surface area contributed by atoms with Gasteiger partial charge in [-0.05, 0) is 42.6 Å². The summed E-state index contributed by atoms with van der Waals surface area (Å²) in [7, 11) is 2.11. The van der Waals surface area contributed by atoms with Gasteiger partial charge in [0.1, 0.15) is 0 Å². The second-order valence-electron chi connectivity index (χ2n) is 4.48. The first-order valence-electron chi connectivity index (χ1n) is 6.05. The zero-order valence-corrected chi connectivity index (χ0v) is 11.7. The second-order valence-corrected chi connectivity index (χ2v) is 5.51. The summed E-state index contributed by atoms with van der Waals surface area (Å²) < 4.78 is 0. The van der Waals surface area contributed by atoms with E-state index >= 15 is 0 Å². The van der Waals surface area contributed by atoms with Crippen LogP contribution in [0.2, 0.25) is 0 Å². The van der Waals surface area contributed by atoms with Gasteiger partial charge in [-0.2, -0.15) is 0 Å². The first-order valence-corrected chi connectivity index (χ1v) is 6.93. The molecule has 0 amide bonds. The standard InChI is InChI=1S/C14H19N3S/c1-11-5-6-16-9-13(11)14(8-15)17(2)10-12-4-3-7-18-12/h3-7,9,14H,8,10,15H2,1-2H3. The molecule has 3 nitrogen and oxygen atoms in total. The van der Waals surface area contributed by atoms with Crippen LogP contribution < -0.4 is 5.73 Å². The van der Waals surface area contributed by atoms with Crippen LogP contribution in [0.25, 0.3) is 0 Å². The van der Waals surface area contributed by atoms with E-state index in [2.05, 4.69) is 41.4 Å². The third-order valence-electron chi connectivity index (χ3n) is 3.18. The summed E-state index contributed by atoms with van der Waals surface area (Å²) >= 11 is 1.78. The fourth-order valence-electron chi connectivity index (χ4n) is 2.13. The average molecular weight is 261 g/mol. The minimum absolute atomic E-state index is 0.223. The van der Waals surface area contributed by atoms with Crippen molar-refractivity contribution in [3.8, 4) is 0 Å². The molecule has 0 bridgehead atoms. The number of likely N-dealkylation sites (N-methyl/N-ethyl adjacent to an activating group) is 1. The van der Waals surface area contributed by atoms with Gasteiger partial charge >= 0.3 is 0 Å². The highest BCUT2D eigenvalue weighted by atomic mass is 32.1. The highest BCUT2D eigenvalue weighted by molar-refractivity contribution is 7.09. The molecule has 2 aromatic heterocycles. The molecular formula is C14H19N3S. The van der Waals surface area contributed by atoms with Gasteiger partial charge in [-0.3, -0.25) is 9.88 Å². The third kappa shape index (κ3) is 2.96. The van der Waals surface area contributed by atoms with Crippen LogP contribution in [0.4, 0.5) is 0 Å². The zero-order chi connectivity index (χ0) is 13.0. The molecule has 96 valence electrons. The lowest BCUT2D eigenvalue weighted by Gasteiger charge is -2.27. The summed E-state index contributed by atoms with van der Waals surface area (Å²) in [4.78, 5) is 7.86. The third-order valence-corrected chi connectivity index (χ3v) is 4.04. The summed E-state index contributed by atoms with van der Waals surface area (Å²) in [6, 6.07) is 6.50. The summed E-state index contributed by atoms with van der Waals surface area (Å²) in [6.07, 6.45) is 3.75. The normalized spacial score (nSPS) is 12.9. The van der Waals surface area contributed by atoms with Gasteiger partial charge in [-0.1, -0.05) is 6.07 Å². The maximum Gasteiger partial charge on any atom is 0.0489 e. The van der Waals surface area contributed by atoms with E-state index in [0.717, 1.165) is 6.54 Å². The Balaban J connectivity index is 2.16. The quantitative estimate of drug-likeness (QED) is 0.899. The van der Waals surface area contributed by atoms with Gasteiger partial charge in [0.2, 0.25) is 0 Å². The number of nitrogens with two attached hydrogens (primary N) is 1. The molecule has 0 aromatic carbocycles. The van der Waals surface area contributed by atoms with Crippen molar-refractivity contribution in [2.24, 2.45) is 5.73 Å². The zero-order valence-electron chi connectivity index (χ0n) is 10.8. The van der Waals surface area contributed by atoms with E-state index in [4.69, 9.17) is 5.73 Å².